The number of methoxy groups -OCH3 is 1. The second kappa shape index (κ2) is 5.78. The minimum atomic E-state index is 0.127. The van der Waals surface area contributed by atoms with Gasteiger partial charge in [0.15, 0.2) is 11.5 Å². The summed E-state index contributed by atoms with van der Waals surface area (Å²) in [6.07, 6.45) is 0. The number of phenolic OH excluding ortho intramolecular Hbond substituents is 1. The number of nitrogens with zero attached hydrogens (tertiary/aromatic N) is 1. The molecule has 2 aromatic rings. The molecular formula is C15H14N2O2. The first kappa shape index (κ1) is 12.8. The molecule has 0 bridgehead atoms. The molecule has 0 amide bonds. The second-order valence-electron chi connectivity index (χ2n) is 4.05. The minimum Gasteiger partial charge on any atom is -0.504 e. The standard InChI is InChI=1S/C15H14N2O2/c1-19-15-7-4-12(8-14(15)18)10-17-13-5-2-11(9-16)3-6-13/h2-8,17-18H,10H2,1H3. The molecule has 2 N–H and O–H groups in total. The SMILES string of the molecule is COc1ccc(CNc2ccc(C#N)cc2)cc1O. The molecule has 0 aliphatic carbocycles. The van der Waals surface area contributed by atoms with Gasteiger partial charge in [-0.05, 0) is 42.0 Å². The largest absolute Gasteiger partial charge is 0.504 e. The summed E-state index contributed by atoms with van der Waals surface area (Å²) in [5.41, 5.74) is 2.50. The minimum absolute atomic E-state index is 0.127. The van der Waals surface area contributed by atoms with Crippen LogP contribution in [0.2, 0.25) is 0 Å². The molecular weight excluding hydrogens is 240 g/mol. The molecule has 2 aromatic carbocycles. The summed E-state index contributed by atoms with van der Waals surface area (Å²) in [6.45, 7) is 0.587. The first-order valence-corrected chi connectivity index (χ1v) is 5.83. The van der Waals surface area contributed by atoms with Gasteiger partial charge in [0, 0.05) is 12.2 Å². The number of ether oxygens (including phenoxy) is 1. The fourth-order valence-electron chi connectivity index (χ4n) is 1.71. The smallest absolute Gasteiger partial charge is 0.160 e. The Kier molecular flexibility index (Phi) is 3.89. The van der Waals surface area contributed by atoms with Crippen molar-refractivity contribution in [1.82, 2.24) is 0 Å². The van der Waals surface area contributed by atoms with Gasteiger partial charge in [0.1, 0.15) is 0 Å². The normalized spacial score (nSPS) is 9.68. The Morgan fingerprint density at radius 2 is 1.95 bits per heavy atom. The van der Waals surface area contributed by atoms with Gasteiger partial charge < -0.3 is 15.2 Å². The number of anilines is 1. The van der Waals surface area contributed by atoms with E-state index in [9.17, 15) is 5.11 Å². The Morgan fingerprint density at radius 3 is 2.53 bits per heavy atom. The van der Waals surface area contributed by atoms with Crippen molar-refractivity contribution in [2.24, 2.45) is 0 Å². The van der Waals surface area contributed by atoms with E-state index in [0.717, 1.165) is 11.3 Å². The first-order chi connectivity index (χ1) is 9.22. The van der Waals surface area contributed by atoms with E-state index in [1.54, 1.807) is 24.3 Å². The van der Waals surface area contributed by atoms with Crippen molar-refractivity contribution in [3.8, 4) is 17.6 Å². The number of nitrogens with one attached hydrogen (secondary N) is 1. The Hall–Kier alpha value is -2.67. The predicted octanol–water partition coefficient (Wildman–Crippen LogP) is 2.88. The van der Waals surface area contributed by atoms with E-state index in [1.807, 2.05) is 18.2 Å². The second-order valence-corrected chi connectivity index (χ2v) is 4.05. The zero-order chi connectivity index (χ0) is 13.7. The van der Waals surface area contributed by atoms with Gasteiger partial charge in [-0.15, -0.1) is 0 Å². The number of rotatable bonds is 4. The zero-order valence-electron chi connectivity index (χ0n) is 10.6. The van der Waals surface area contributed by atoms with Crippen molar-refractivity contribution in [3.63, 3.8) is 0 Å². The van der Waals surface area contributed by atoms with Crippen LogP contribution in [-0.4, -0.2) is 12.2 Å². The number of benzene rings is 2. The van der Waals surface area contributed by atoms with Crippen LogP contribution in [0.5, 0.6) is 11.5 Å². The van der Waals surface area contributed by atoms with Gasteiger partial charge in [0.2, 0.25) is 0 Å². The van der Waals surface area contributed by atoms with Gasteiger partial charge in [-0.2, -0.15) is 5.26 Å². The number of aromatic hydroxyl groups is 1. The maximum Gasteiger partial charge on any atom is 0.160 e. The lowest BCUT2D eigenvalue weighted by atomic mass is 10.2. The zero-order valence-corrected chi connectivity index (χ0v) is 10.6. The molecule has 19 heavy (non-hydrogen) atoms. The third-order valence-electron chi connectivity index (χ3n) is 2.75. The fraction of sp³-hybridized carbons (Fsp3) is 0.133. The van der Waals surface area contributed by atoms with Crippen LogP contribution in [0, 0.1) is 11.3 Å². The molecule has 4 heteroatoms. The summed E-state index contributed by atoms with van der Waals surface area (Å²) in [6, 6.07) is 14.6. The predicted molar refractivity (Wildman–Crippen MR) is 73.1 cm³/mol. The van der Waals surface area contributed by atoms with Crippen LogP contribution in [0.15, 0.2) is 42.5 Å². The summed E-state index contributed by atoms with van der Waals surface area (Å²) in [4.78, 5) is 0. The van der Waals surface area contributed by atoms with Gasteiger partial charge in [-0.3, -0.25) is 0 Å². The molecule has 0 radical (unpaired) electrons. The molecule has 2 rings (SSSR count). The lowest BCUT2D eigenvalue weighted by molar-refractivity contribution is 0.373. The molecule has 0 aliphatic heterocycles. The highest BCUT2D eigenvalue weighted by atomic mass is 16.5. The molecule has 0 unspecified atom stereocenters. The topological polar surface area (TPSA) is 65.3 Å². The summed E-state index contributed by atoms with van der Waals surface area (Å²) in [7, 11) is 1.52. The van der Waals surface area contributed by atoms with Crippen LogP contribution in [0.3, 0.4) is 0 Å². The molecule has 0 fully saturated rings. The third-order valence-corrected chi connectivity index (χ3v) is 2.75. The average molecular weight is 254 g/mol. The third kappa shape index (κ3) is 3.17. The van der Waals surface area contributed by atoms with Crippen LogP contribution in [0.25, 0.3) is 0 Å². The average Bonchev–Trinajstić information content (AvgIpc) is 2.46. The van der Waals surface area contributed by atoms with Crippen molar-refractivity contribution in [1.29, 1.82) is 5.26 Å². The van der Waals surface area contributed by atoms with Crippen molar-refractivity contribution in [2.75, 3.05) is 12.4 Å². The van der Waals surface area contributed by atoms with E-state index in [2.05, 4.69) is 11.4 Å². The number of hydrogen-bond donors (Lipinski definition) is 2. The van der Waals surface area contributed by atoms with Crippen LogP contribution in [0.1, 0.15) is 11.1 Å². The van der Waals surface area contributed by atoms with Crippen LogP contribution < -0.4 is 10.1 Å². The lowest BCUT2D eigenvalue weighted by Gasteiger charge is -2.08. The molecule has 0 atom stereocenters. The van der Waals surface area contributed by atoms with Crippen molar-refractivity contribution in [3.05, 3.63) is 53.6 Å². The van der Waals surface area contributed by atoms with Crippen LogP contribution in [0.4, 0.5) is 5.69 Å². The number of phenols is 1. The highest BCUT2D eigenvalue weighted by molar-refractivity contribution is 5.48. The van der Waals surface area contributed by atoms with Gasteiger partial charge in [0.25, 0.3) is 0 Å². The highest BCUT2D eigenvalue weighted by Crippen LogP contribution is 2.26. The Bertz CT molecular complexity index is 601. The Labute approximate surface area is 111 Å². The molecule has 0 saturated carbocycles. The molecule has 96 valence electrons. The summed E-state index contributed by atoms with van der Waals surface area (Å²) >= 11 is 0. The van der Waals surface area contributed by atoms with Crippen LogP contribution >= 0.6 is 0 Å². The van der Waals surface area contributed by atoms with E-state index >= 15 is 0 Å². The molecule has 0 spiro atoms. The number of hydrogen-bond acceptors (Lipinski definition) is 4. The maximum atomic E-state index is 9.67. The molecule has 4 nitrogen and oxygen atoms in total. The van der Waals surface area contributed by atoms with Crippen molar-refractivity contribution >= 4 is 5.69 Å². The fourth-order valence-corrected chi connectivity index (χ4v) is 1.71. The Balaban J connectivity index is 2.02. The molecule has 0 heterocycles. The maximum absolute atomic E-state index is 9.67. The van der Waals surface area contributed by atoms with Gasteiger partial charge in [0.05, 0.1) is 18.7 Å². The summed E-state index contributed by atoms with van der Waals surface area (Å²) in [5.74, 6) is 0.587. The van der Waals surface area contributed by atoms with E-state index < -0.39 is 0 Å². The lowest BCUT2D eigenvalue weighted by Crippen LogP contribution is -1.99. The van der Waals surface area contributed by atoms with E-state index in [1.165, 1.54) is 7.11 Å². The Morgan fingerprint density at radius 1 is 1.21 bits per heavy atom. The molecule has 0 saturated heterocycles. The van der Waals surface area contributed by atoms with E-state index in [0.29, 0.717) is 17.9 Å². The number of nitriles is 1. The quantitative estimate of drug-likeness (QED) is 0.880. The molecule has 0 aliphatic rings. The first-order valence-electron chi connectivity index (χ1n) is 5.83. The van der Waals surface area contributed by atoms with Crippen molar-refractivity contribution in [2.45, 2.75) is 6.54 Å². The van der Waals surface area contributed by atoms with E-state index in [4.69, 9.17) is 10.00 Å². The summed E-state index contributed by atoms with van der Waals surface area (Å²) < 4.78 is 4.99. The van der Waals surface area contributed by atoms with Gasteiger partial charge in [-0.25, -0.2) is 0 Å². The van der Waals surface area contributed by atoms with Crippen LogP contribution in [-0.2, 0) is 6.54 Å². The van der Waals surface area contributed by atoms with Gasteiger partial charge >= 0.3 is 0 Å². The van der Waals surface area contributed by atoms with E-state index in [-0.39, 0.29) is 5.75 Å². The monoisotopic (exact) mass is 254 g/mol. The summed E-state index contributed by atoms with van der Waals surface area (Å²) in [5, 5.41) is 21.6. The highest BCUT2D eigenvalue weighted by Gasteiger charge is 2.02. The van der Waals surface area contributed by atoms with Crippen molar-refractivity contribution < 1.29 is 9.84 Å². The van der Waals surface area contributed by atoms with Gasteiger partial charge in [-0.1, -0.05) is 6.07 Å². The molecule has 0 aromatic heterocycles.